The largest absolute Gasteiger partial charge is 0.497 e. The van der Waals surface area contributed by atoms with E-state index in [1.165, 1.54) is 12.1 Å². The maximum Gasteiger partial charge on any atom is 0.289 e. The zero-order valence-electron chi connectivity index (χ0n) is 13.7. The molecule has 3 rings (SSSR count). The minimum absolute atomic E-state index is 0.200. The van der Waals surface area contributed by atoms with E-state index < -0.39 is 22.1 Å². The van der Waals surface area contributed by atoms with Gasteiger partial charge < -0.3 is 9.84 Å². The Balaban J connectivity index is 1.91. The summed E-state index contributed by atoms with van der Waals surface area (Å²) in [6.07, 6.45) is -0.879. The third-order valence-corrected chi connectivity index (χ3v) is 5.82. The smallest absolute Gasteiger partial charge is 0.289 e. The van der Waals surface area contributed by atoms with Crippen LogP contribution in [0.1, 0.15) is 11.1 Å². The molecule has 0 spiro atoms. The first kappa shape index (κ1) is 18.7. The topological polar surface area (TPSA) is 72.6 Å². The highest BCUT2D eigenvalue weighted by molar-refractivity contribution is 8.09. The third-order valence-electron chi connectivity index (χ3n) is 4.10. The van der Waals surface area contributed by atoms with Crippen molar-refractivity contribution in [1.29, 1.82) is 0 Å². The average Bonchev–Trinajstić information content (AvgIpc) is 2.94. The van der Waals surface area contributed by atoms with Crippen LogP contribution in [0, 0.1) is 15.9 Å². The lowest BCUT2D eigenvalue weighted by Gasteiger charge is -2.13. The Labute approximate surface area is 158 Å². The van der Waals surface area contributed by atoms with Crippen LogP contribution in [0.15, 0.2) is 48.2 Å². The second kappa shape index (κ2) is 7.65. The first-order valence-electron chi connectivity index (χ1n) is 7.72. The molecule has 0 amide bonds. The molecule has 0 saturated heterocycles. The fourth-order valence-corrected chi connectivity index (χ4v) is 4.51. The summed E-state index contributed by atoms with van der Waals surface area (Å²) in [7, 11) is 1.56. The van der Waals surface area contributed by atoms with Crippen molar-refractivity contribution >= 4 is 28.3 Å². The Morgan fingerprint density at radius 2 is 2.00 bits per heavy atom. The average molecular weight is 396 g/mol. The highest BCUT2D eigenvalue weighted by atomic mass is 35.5. The van der Waals surface area contributed by atoms with Crippen LogP contribution in [-0.4, -0.2) is 28.5 Å². The van der Waals surface area contributed by atoms with E-state index in [9.17, 15) is 19.6 Å². The van der Waals surface area contributed by atoms with E-state index in [2.05, 4.69) is 0 Å². The van der Waals surface area contributed by atoms with Crippen LogP contribution < -0.4 is 4.74 Å². The SMILES string of the molecule is COc1ccc(CC2SC(c3cc(F)ccc3Cl)=C([N+](=O)[O-])C2O)cc1. The van der Waals surface area contributed by atoms with Gasteiger partial charge in [-0.2, -0.15) is 0 Å². The molecule has 1 aliphatic heterocycles. The number of rotatable bonds is 5. The van der Waals surface area contributed by atoms with Crippen LogP contribution in [0.2, 0.25) is 5.02 Å². The molecule has 0 aliphatic carbocycles. The molecular formula is C18H15ClFNO4S. The van der Waals surface area contributed by atoms with Gasteiger partial charge in [0.15, 0.2) is 6.10 Å². The van der Waals surface area contributed by atoms with Crippen molar-refractivity contribution in [1.82, 2.24) is 0 Å². The van der Waals surface area contributed by atoms with Crippen LogP contribution in [0.25, 0.3) is 4.91 Å². The van der Waals surface area contributed by atoms with Crippen LogP contribution in [-0.2, 0) is 6.42 Å². The monoisotopic (exact) mass is 395 g/mol. The van der Waals surface area contributed by atoms with E-state index in [-0.39, 0.29) is 21.2 Å². The molecular weight excluding hydrogens is 381 g/mol. The molecule has 1 N–H and O–H groups in total. The molecule has 1 heterocycles. The number of nitrogens with zero attached hydrogens (tertiary/aromatic N) is 1. The van der Waals surface area contributed by atoms with Crippen molar-refractivity contribution < 1.29 is 19.2 Å². The summed E-state index contributed by atoms with van der Waals surface area (Å²) < 4.78 is 18.7. The predicted molar refractivity (Wildman–Crippen MR) is 99.4 cm³/mol. The Morgan fingerprint density at radius 1 is 1.31 bits per heavy atom. The Hall–Kier alpha value is -2.09. The van der Waals surface area contributed by atoms with Crippen molar-refractivity contribution in [3.05, 3.63) is 80.2 Å². The summed E-state index contributed by atoms with van der Waals surface area (Å²) in [5.41, 5.74) is 0.775. The first-order chi connectivity index (χ1) is 12.4. The summed E-state index contributed by atoms with van der Waals surface area (Å²) in [6.45, 7) is 0. The van der Waals surface area contributed by atoms with Gasteiger partial charge in [0.25, 0.3) is 5.70 Å². The van der Waals surface area contributed by atoms with Gasteiger partial charge in [-0.25, -0.2) is 4.39 Å². The Morgan fingerprint density at radius 3 is 2.62 bits per heavy atom. The van der Waals surface area contributed by atoms with E-state index in [1.807, 2.05) is 12.1 Å². The van der Waals surface area contributed by atoms with E-state index in [4.69, 9.17) is 16.3 Å². The van der Waals surface area contributed by atoms with Crippen LogP contribution >= 0.6 is 23.4 Å². The number of aliphatic hydroxyl groups excluding tert-OH is 1. The van der Waals surface area contributed by atoms with Crippen LogP contribution in [0.5, 0.6) is 5.75 Å². The summed E-state index contributed by atoms with van der Waals surface area (Å²) in [6, 6.07) is 10.9. The molecule has 0 aromatic heterocycles. The zero-order chi connectivity index (χ0) is 18.8. The number of aliphatic hydroxyl groups is 1. The lowest BCUT2D eigenvalue weighted by Crippen LogP contribution is -2.26. The number of halogens is 2. The summed E-state index contributed by atoms with van der Waals surface area (Å²) in [5, 5.41) is 21.7. The summed E-state index contributed by atoms with van der Waals surface area (Å²) >= 11 is 7.24. The molecule has 0 fully saturated rings. The molecule has 0 bridgehead atoms. The van der Waals surface area contributed by atoms with E-state index in [1.54, 1.807) is 19.2 Å². The number of hydrogen-bond donors (Lipinski definition) is 1. The molecule has 0 saturated carbocycles. The summed E-state index contributed by atoms with van der Waals surface area (Å²) in [4.78, 5) is 11.1. The molecule has 2 unspecified atom stereocenters. The summed E-state index contributed by atoms with van der Waals surface area (Å²) in [5.74, 6) is 0.151. The molecule has 2 atom stereocenters. The van der Waals surface area contributed by atoms with Gasteiger partial charge in [-0.15, -0.1) is 11.8 Å². The molecule has 2 aromatic carbocycles. The second-order valence-corrected chi connectivity index (χ2v) is 7.41. The van der Waals surface area contributed by atoms with E-state index >= 15 is 0 Å². The first-order valence-corrected chi connectivity index (χ1v) is 8.98. The highest BCUT2D eigenvalue weighted by Crippen LogP contribution is 2.47. The van der Waals surface area contributed by atoms with Gasteiger partial charge in [-0.05, 0) is 42.3 Å². The fraction of sp³-hybridized carbons (Fsp3) is 0.222. The second-order valence-electron chi connectivity index (χ2n) is 5.75. The number of methoxy groups -OCH3 is 1. The number of ether oxygens (including phenoxy) is 1. The van der Waals surface area contributed by atoms with E-state index in [0.717, 1.165) is 23.4 Å². The molecule has 8 heteroatoms. The van der Waals surface area contributed by atoms with Crippen molar-refractivity contribution in [3.63, 3.8) is 0 Å². The molecule has 5 nitrogen and oxygen atoms in total. The van der Waals surface area contributed by atoms with Crippen LogP contribution in [0.3, 0.4) is 0 Å². The van der Waals surface area contributed by atoms with Crippen molar-refractivity contribution in [2.24, 2.45) is 0 Å². The molecule has 26 heavy (non-hydrogen) atoms. The van der Waals surface area contributed by atoms with Crippen molar-refractivity contribution in [2.75, 3.05) is 7.11 Å². The van der Waals surface area contributed by atoms with Gasteiger partial charge >= 0.3 is 0 Å². The Kier molecular flexibility index (Phi) is 5.50. The molecule has 136 valence electrons. The van der Waals surface area contributed by atoms with Gasteiger partial charge in [0.1, 0.15) is 11.6 Å². The van der Waals surface area contributed by atoms with Crippen LogP contribution in [0.4, 0.5) is 4.39 Å². The Bertz CT molecular complexity index is 872. The normalized spacial score (nSPS) is 19.7. The maximum absolute atomic E-state index is 13.6. The zero-order valence-corrected chi connectivity index (χ0v) is 15.3. The van der Waals surface area contributed by atoms with E-state index in [0.29, 0.717) is 12.2 Å². The number of nitro groups is 1. The van der Waals surface area contributed by atoms with Gasteiger partial charge in [-0.3, -0.25) is 10.1 Å². The van der Waals surface area contributed by atoms with Crippen molar-refractivity contribution in [3.8, 4) is 5.75 Å². The molecule has 0 radical (unpaired) electrons. The van der Waals surface area contributed by atoms with Gasteiger partial charge in [0.2, 0.25) is 0 Å². The minimum Gasteiger partial charge on any atom is -0.497 e. The standard InChI is InChI=1S/C18H15ClFNO4S/c1-25-12-5-2-10(3-6-12)8-15-17(22)16(21(23)24)18(26-15)13-9-11(20)4-7-14(13)19/h2-7,9,15,17,22H,8H2,1H3. The third kappa shape index (κ3) is 3.70. The predicted octanol–water partition coefficient (Wildman–Crippen LogP) is 4.15. The van der Waals surface area contributed by atoms with Gasteiger partial charge in [0.05, 0.1) is 22.2 Å². The molecule has 1 aliphatic rings. The number of thioether (sulfide) groups is 1. The van der Waals surface area contributed by atoms with Gasteiger partial charge in [0, 0.05) is 10.6 Å². The number of hydrogen-bond acceptors (Lipinski definition) is 5. The lowest BCUT2D eigenvalue weighted by molar-refractivity contribution is -0.433. The molecule has 2 aromatic rings. The maximum atomic E-state index is 13.6. The highest BCUT2D eigenvalue weighted by Gasteiger charge is 2.43. The number of benzene rings is 2. The fourth-order valence-electron chi connectivity index (χ4n) is 2.80. The minimum atomic E-state index is -1.29. The van der Waals surface area contributed by atoms with Gasteiger partial charge in [-0.1, -0.05) is 23.7 Å². The lowest BCUT2D eigenvalue weighted by atomic mass is 10.0. The van der Waals surface area contributed by atoms with Crippen molar-refractivity contribution in [2.45, 2.75) is 17.8 Å². The quantitative estimate of drug-likeness (QED) is 0.608.